The Bertz CT molecular complexity index is 748. The van der Waals surface area contributed by atoms with Crippen LogP contribution in [0.4, 0.5) is 17.3 Å². The average molecular weight is 355 g/mol. The van der Waals surface area contributed by atoms with Crippen molar-refractivity contribution in [1.29, 1.82) is 0 Å². The number of aromatic amines is 1. The molecule has 0 bridgehead atoms. The van der Waals surface area contributed by atoms with Crippen LogP contribution in [0.5, 0.6) is 0 Å². The summed E-state index contributed by atoms with van der Waals surface area (Å²) < 4.78 is 0. The fraction of sp³-hybridized carbons (Fsp3) is 0.500. The van der Waals surface area contributed by atoms with Crippen LogP contribution < -0.4 is 15.8 Å². The van der Waals surface area contributed by atoms with Crippen molar-refractivity contribution in [3.05, 3.63) is 46.4 Å². The molecule has 0 amide bonds. The molecule has 2 aromatic rings. The van der Waals surface area contributed by atoms with E-state index in [0.29, 0.717) is 5.95 Å². The Labute approximate surface area is 155 Å². The van der Waals surface area contributed by atoms with Gasteiger partial charge < -0.3 is 10.2 Å². The van der Waals surface area contributed by atoms with E-state index < -0.39 is 0 Å². The zero-order valence-electron chi connectivity index (χ0n) is 15.8. The molecule has 1 aliphatic heterocycles. The molecule has 2 heterocycles. The van der Waals surface area contributed by atoms with E-state index in [0.717, 1.165) is 50.4 Å². The fourth-order valence-electron chi connectivity index (χ4n) is 3.39. The summed E-state index contributed by atoms with van der Waals surface area (Å²) in [4.78, 5) is 23.9. The van der Waals surface area contributed by atoms with E-state index in [4.69, 9.17) is 0 Å². The molecule has 1 aromatic heterocycles. The Morgan fingerprint density at radius 3 is 2.46 bits per heavy atom. The van der Waals surface area contributed by atoms with Gasteiger partial charge >= 0.3 is 0 Å². The van der Waals surface area contributed by atoms with Gasteiger partial charge in [0, 0.05) is 49.3 Å². The number of anilines is 3. The average Bonchev–Trinajstić information content (AvgIpc) is 2.63. The molecule has 1 aliphatic rings. The first kappa shape index (κ1) is 18.5. The van der Waals surface area contributed by atoms with Gasteiger partial charge in [-0.1, -0.05) is 20.3 Å². The molecule has 0 radical (unpaired) electrons. The number of hydrogen-bond acceptors (Lipinski definition) is 5. The maximum Gasteiger partial charge on any atom is 0.252 e. The first-order valence-corrected chi connectivity index (χ1v) is 9.62. The number of H-pyrrole nitrogens is 1. The van der Waals surface area contributed by atoms with Gasteiger partial charge in [0.2, 0.25) is 5.95 Å². The molecule has 0 aliphatic carbocycles. The summed E-state index contributed by atoms with van der Waals surface area (Å²) in [6.45, 7) is 9.90. The van der Waals surface area contributed by atoms with E-state index in [1.165, 1.54) is 18.7 Å². The highest BCUT2D eigenvalue weighted by Gasteiger charge is 2.16. The van der Waals surface area contributed by atoms with E-state index in [9.17, 15) is 4.79 Å². The van der Waals surface area contributed by atoms with Crippen molar-refractivity contribution in [3.63, 3.8) is 0 Å². The zero-order valence-corrected chi connectivity index (χ0v) is 15.8. The summed E-state index contributed by atoms with van der Waals surface area (Å²) in [7, 11) is 0. The standard InChI is InChI=1S/C20H29N5O/c1-3-5-17-15-19(26)23-20(22-17)21-16-6-8-18(9-7-16)25-13-11-24(10-4-2)12-14-25/h6-9,15H,3-5,10-14H2,1-2H3,(H2,21,22,23,26). The van der Waals surface area contributed by atoms with Gasteiger partial charge in [0.25, 0.3) is 5.56 Å². The summed E-state index contributed by atoms with van der Waals surface area (Å²) in [6.07, 6.45) is 2.99. The maximum atomic E-state index is 11.8. The number of hydrogen-bond donors (Lipinski definition) is 2. The van der Waals surface area contributed by atoms with Crippen molar-refractivity contribution in [3.8, 4) is 0 Å². The number of nitrogens with one attached hydrogen (secondary N) is 2. The van der Waals surface area contributed by atoms with E-state index in [1.54, 1.807) is 6.07 Å². The van der Waals surface area contributed by atoms with Crippen LogP contribution >= 0.6 is 0 Å². The lowest BCUT2D eigenvalue weighted by Gasteiger charge is -2.36. The molecule has 2 N–H and O–H groups in total. The topological polar surface area (TPSA) is 64.3 Å². The van der Waals surface area contributed by atoms with Gasteiger partial charge in [-0.05, 0) is 43.7 Å². The molecule has 0 atom stereocenters. The molecule has 26 heavy (non-hydrogen) atoms. The second-order valence-electron chi connectivity index (χ2n) is 6.84. The monoisotopic (exact) mass is 355 g/mol. The minimum atomic E-state index is -0.118. The van der Waals surface area contributed by atoms with Gasteiger partial charge in [-0.15, -0.1) is 0 Å². The number of aromatic nitrogens is 2. The second-order valence-corrected chi connectivity index (χ2v) is 6.84. The predicted molar refractivity (Wildman–Crippen MR) is 108 cm³/mol. The summed E-state index contributed by atoms with van der Waals surface area (Å²) in [5.74, 6) is 0.502. The predicted octanol–water partition coefficient (Wildman–Crippen LogP) is 3.00. The molecule has 0 saturated carbocycles. The summed E-state index contributed by atoms with van der Waals surface area (Å²) in [6, 6.07) is 9.91. The number of rotatable bonds is 7. The highest BCUT2D eigenvalue weighted by Crippen LogP contribution is 2.21. The number of aryl methyl sites for hydroxylation is 1. The molecule has 3 rings (SSSR count). The zero-order chi connectivity index (χ0) is 18.4. The summed E-state index contributed by atoms with van der Waals surface area (Å²) >= 11 is 0. The molecule has 1 fully saturated rings. The van der Waals surface area contributed by atoms with E-state index in [-0.39, 0.29) is 5.56 Å². The lowest BCUT2D eigenvalue weighted by molar-refractivity contribution is 0.258. The molecular weight excluding hydrogens is 326 g/mol. The third-order valence-electron chi connectivity index (χ3n) is 4.71. The molecule has 1 saturated heterocycles. The van der Waals surface area contributed by atoms with Gasteiger partial charge in [0.15, 0.2) is 0 Å². The Morgan fingerprint density at radius 2 is 1.81 bits per heavy atom. The Hall–Kier alpha value is -2.34. The lowest BCUT2D eigenvalue weighted by Crippen LogP contribution is -2.46. The highest BCUT2D eigenvalue weighted by molar-refractivity contribution is 5.59. The summed E-state index contributed by atoms with van der Waals surface area (Å²) in [5.41, 5.74) is 2.87. The van der Waals surface area contributed by atoms with Crippen molar-refractivity contribution < 1.29 is 0 Å². The molecule has 140 valence electrons. The molecule has 0 unspecified atom stereocenters. The smallest absolute Gasteiger partial charge is 0.252 e. The van der Waals surface area contributed by atoms with Crippen molar-refractivity contribution in [1.82, 2.24) is 14.9 Å². The van der Waals surface area contributed by atoms with Gasteiger partial charge in [-0.25, -0.2) is 4.98 Å². The quantitative estimate of drug-likeness (QED) is 0.799. The molecular formula is C20H29N5O. The van der Waals surface area contributed by atoms with E-state index in [1.807, 2.05) is 12.1 Å². The first-order chi connectivity index (χ1) is 12.7. The van der Waals surface area contributed by atoms with Crippen LogP contribution in [0.3, 0.4) is 0 Å². The number of nitrogens with zero attached hydrogens (tertiary/aromatic N) is 3. The van der Waals surface area contributed by atoms with Crippen LogP contribution in [0.25, 0.3) is 0 Å². The SMILES string of the molecule is CCCc1cc(=O)[nH]c(Nc2ccc(N3CCN(CCC)CC3)cc2)n1. The molecule has 6 heteroatoms. The number of benzene rings is 1. The second kappa shape index (κ2) is 8.85. The van der Waals surface area contributed by atoms with Crippen LogP contribution in [0.15, 0.2) is 35.1 Å². The van der Waals surface area contributed by atoms with Gasteiger partial charge in [0.05, 0.1) is 0 Å². The normalized spacial score (nSPS) is 15.2. The largest absolute Gasteiger partial charge is 0.369 e. The maximum absolute atomic E-state index is 11.8. The first-order valence-electron chi connectivity index (χ1n) is 9.62. The van der Waals surface area contributed by atoms with E-state index in [2.05, 4.69) is 51.1 Å². The van der Waals surface area contributed by atoms with Crippen LogP contribution in [-0.4, -0.2) is 47.6 Å². The summed E-state index contributed by atoms with van der Waals surface area (Å²) in [5, 5.41) is 3.20. The van der Waals surface area contributed by atoms with Crippen molar-refractivity contribution >= 4 is 17.3 Å². The Balaban J connectivity index is 1.62. The van der Waals surface area contributed by atoms with Gasteiger partial charge in [0.1, 0.15) is 0 Å². The molecule has 6 nitrogen and oxygen atoms in total. The van der Waals surface area contributed by atoms with E-state index >= 15 is 0 Å². The fourth-order valence-corrected chi connectivity index (χ4v) is 3.39. The van der Waals surface area contributed by atoms with Crippen LogP contribution in [-0.2, 0) is 6.42 Å². The van der Waals surface area contributed by atoms with Crippen molar-refractivity contribution in [2.75, 3.05) is 42.9 Å². The van der Waals surface area contributed by atoms with Gasteiger partial charge in [-0.3, -0.25) is 14.7 Å². The van der Waals surface area contributed by atoms with Crippen LogP contribution in [0, 0.1) is 0 Å². The Morgan fingerprint density at radius 1 is 1.08 bits per heavy atom. The van der Waals surface area contributed by atoms with Crippen LogP contribution in [0.2, 0.25) is 0 Å². The molecule has 1 aromatic carbocycles. The Kier molecular flexibility index (Phi) is 6.28. The van der Waals surface area contributed by atoms with Crippen LogP contribution in [0.1, 0.15) is 32.4 Å². The number of piperazine rings is 1. The molecule has 0 spiro atoms. The van der Waals surface area contributed by atoms with Crippen molar-refractivity contribution in [2.24, 2.45) is 0 Å². The minimum Gasteiger partial charge on any atom is -0.369 e. The third kappa shape index (κ3) is 4.85. The lowest BCUT2D eigenvalue weighted by atomic mass is 10.2. The minimum absolute atomic E-state index is 0.118. The van der Waals surface area contributed by atoms with Crippen molar-refractivity contribution in [2.45, 2.75) is 33.1 Å². The third-order valence-corrected chi connectivity index (χ3v) is 4.71. The highest BCUT2D eigenvalue weighted by atomic mass is 16.1. The van der Waals surface area contributed by atoms with Gasteiger partial charge in [-0.2, -0.15) is 0 Å².